The van der Waals surface area contributed by atoms with E-state index in [0.717, 1.165) is 44.9 Å². The molecular formula is C30H37NO2. The van der Waals surface area contributed by atoms with Gasteiger partial charge in [0.1, 0.15) is 0 Å². The van der Waals surface area contributed by atoms with E-state index >= 15 is 0 Å². The van der Waals surface area contributed by atoms with Gasteiger partial charge in [-0.1, -0.05) is 24.6 Å². The normalized spacial score (nSPS) is 35.3. The molecule has 3 nitrogen and oxygen atoms in total. The summed E-state index contributed by atoms with van der Waals surface area (Å²) in [7, 11) is 4.14. The van der Waals surface area contributed by atoms with Crippen molar-refractivity contribution in [2.45, 2.75) is 76.2 Å². The fourth-order valence-electron chi connectivity index (χ4n) is 8.03. The van der Waals surface area contributed by atoms with Gasteiger partial charge in [0.15, 0.2) is 5.78 Å². The predicted octanol–water partition coefficient (Wildman–Crippen LogP) is 5.80. The number of fused-ring (bicyclic) bond motifs is 4. The number of benzene rings is 1. The van der Waals surface area contributed by atoms with Crippen LogP contribution < -0.4 is 4.90 Å². The summed E-state index contributed by atoms with van der Waals surface area (Å²) in [5, 5.41) is 12.0. The van der Waals surface area contributed by atoms with Crippen molar-refractivity contribution in [1.82, 2.24) is 0 Å². The number of terminal acetylenes is 1. The first-order chi connectivity index (χ1) is 15.8. The van der Waals surface area contributed by atoms with Gasteiger partial charge in [-0.3, -0.25) is 4.79 Å². The zero-order valence-corrected chi connectivity index (χ0v) is 20.4. The first-order valence-electron chi connectivity index (χ1n) is 12.7. The van der Waals surface area contributed by atoms with Crippen LogP contribution in [0.15, 0.2) is 47.1 Å². The smallest absolute Gasteiger partial charge is 0.156 e. The third kappa shape index (κ3) is 3.33. The number of carbonyl (C=O) groups is 1. The SMILES string of the molecule is C#CC[C@]1(O)CCC2C3CCC4=CC(=O)CCC4=C3C(c3ccc(N(C)C)cc3)C[C@@]21CC. The summed E-state index contributed by atoms with van der Waals surface area (Å²) in [6, 6.07) is 9.00. The maximum atomic E-state index is 12.2. The fourth-order valence-corrected chi connectivity index (χ4v) is 8.03. The third-order valence-electron chi connectivity index (χ3n) is 9.59. The highest BCUT2D eigenvalue weighted by Gasteiger charge is 2.63. The van der Waals surface area contributed by atoms with E-state index in [0.29, 0.717) is 24.7 Å². The van der Waals surface area contributed by atoms with E-state index in [-0.39, 0.29) is 17.1 Å². The number of hydrogen-bond donors (Lipinski definition) is 1. The Balaban J connectivity index is 1.68. The zero-order chi connectivity index (χ0) is 23.4. The van der Waals surface area contributed by atoms with Crippen LogP contribution >= 0.6 is 0 Å². The summed E-state index contributed by atoms with van der Waals surface area (Å²) in [6.07, 6.45) is 15.5. The minimum absolute atomic E-state index is 0.148. The van der Waals surface area contributed by atoms with E-state index < -0.39 is 5.60 Å². The van der Waals surface area contributed by atoms with Gasteiger partial charge in [-0.15, -0.1) is 12.3 Å². The summed E-state index contributed by atoms with van der Waals surface area (Å²) in [5.74, 6) is 4.33. The molecule has 5 rings (SSSR count). The Morgan fingerprint density at radius 2 is 1.91 bits per heavy atom. The van der Waals surface area contributed by atoms with Gasteiger partial charge in [-0.2, -0.15) is 0 Å². The Morgan fingerprint density at radius 3 is 2.58 bits per heavy atom. The molecule has 0 aromatic heterocycles. The molecule has 0 bridgehead atoms. The van der Waals surface area contributed by atoms with Crippen LogP contribution in [0.25, 0.3) is 0 Å². The molecule has 0 radical (unpaired) electrons. The van der Waals surface area contributed by atoms with Crippen molar-refractivity contribution in [3.63, 3.8) is 0 Å². The minimum atomic E-state index is -0.780. The molecule has 0 saturated heterocycles. The molecule has 2 saturated carbocycles. The molecule has 0 heterocycles. The van der Waals surface area contributed by atoms with Gasteiger partial charge in [0.25, 0.3) is 0 Å². The fraction of sp³-hybridized carbons (Fsp3) is 0.567. The average Bonchev–Trinajstić information content (AvgIpc) is 3.10. The highest BCUT2D eigenvalue weighted by Crippen LogP contribution is 2.68. The first kappa shape index (κ1) is 22.5. The summed E-state index contributed by atoms with van der Waals surface area (Å²) in [5.41, 5.74) is 5.94. The van der Waals surface area contributed by atoms with Gasteiger partial charge >= 0.3 is 0 Å². The highest BCUT2D eigenvalue weighted by atomic mass is 16.3. The van der Waals surface area contributed by atoms with Crippen molar-refractivity contribution in [2.24, 2.45) is 17.3 Å². The molecule has 174 valence electrons. The molecule has 3 heteroatoms. The molecule has 1 aromatic carbocycles. The molecule has 2 fully saturated rings. The number of nitrogens with zero attached hydrogens (tertiary/aromatic N) is 1. The van der Waals surface area contributed by atoms with E-state index in [2.05, 4.69) is 56.1 Å². The van der Waals surface area contributed by atoms with Gasteiger partial charge < -0.3 is 10.0 Å². The summed E-state index contributed by atoms with van der Waals surface area (Å²) in [6.45, 7) is 2.26. The van der Waals surface area contributed by atoms with Crippen molar-refractivity contribution < 1.29 is 9.90 Å². The van der Waals surface area contributed by atoms with Gasteiger partial charge in [-0.25, -0.2) is 0 Å². The highest BCUT2D eigenvalue weighted by molar-refractivity contribution is 5.93. The quantitative estimate of drug-likeness (QED) is 0.598. The lowest BCUT2D eigenvalue weighted by molar-refractivity contribution is -0.114. The van der Waals surface area contributed by atoms with Crippen LogP contribution in [-0.4, -0.2) is 30.6 Å². The number of ketones is 1. The van der Waals surface area contributed by atoms with Gasteiger partial charge in [0.2, 0.25) is 0 Å². The second-order valence-corrected chi connectivity index (χ2v) is 11.0. The molecule has 33 heavy (non-hydrogen) atoms. The predicted molar refractivity (Wildman–Crippen MR) is 134 cm³/mol. The van der Waals surface area contributed by atoms with Crippen LogP contribution in [0.1, 0.15) is 76.2 Å². The first-order valence-corrected chi connectivity index (χ1v) is 12.7. The number of carbonyl (C=O) groups excluding carboxylic acids is 1. The third-order valence-corrected chi connectivity index (χ3v) is 9.59. The molecule has 1 N–H and O–H groups in total. The summed E-state index contributed by atoms with van der Waals surface area (Å²) < 4.78 is 0. The van der Waals surface area contributed by atoms with Crippen LogP contribution in [0.2, 0.25) is 0 Å². The Morgan fingerprint density at radius 1 is 1.15 bits per heavy atom. The number of aliphatic hydroxyl groups is 1. The topological polar surface area (TPSA) is 40.5 Å². The molecule has 0 amide bonds. The van der Waals surface area contributed by atoms with Crippen molar-refractivity contribution in [3.8, 4) is 12.3 Å². The summed E-state index contributed by atoms with van der Waals surface area (Å²) >= 11 is 0. The Bertz CT molecular complexity index is 1060. The molecule has 5 atom stereocenters. The monoisotopic (exact) mass is 443 g/mol. The van der Waals surface area contributed by atoms with Crippen LogP contribution in [-0.2, 0) is 4.79 Å². The molecular weight excluding hydrogens is 406 g/mol. The molecule has 0 aliphatic heterocycles. The number of hydrogen-bond acceptors (Lipinski definition) is 3. The van der Waals surface area contributed by atoms with Crippen LogP contribution in [0, 0.1) is 29.6 Å². The molecule has 4 aliphatic rings. The van der Waals surface area contributed by atoms with E-state index in [1.54, 1.807) is 5.57 Å². The lowest BCUT2D eigenvalue weighted by Gasteiger charge is -2.56. The molecule has 3 unspecified atom stereocenters. The van der Waals surface area contributed by atoms with E-state index in [4.69, 9.17) is 6.42 Å². The maximum Gasteiger partial charge on any atom is 0.156 e. The number of rotatable bonds is 4. The average molecular weight is 444 g/mol. The maximum absolute atomic E-state index is 12.2. The zero-order valence-electron chi connectivity index (χ0n) is 20.4. The number of allylic oxidation sites excluding steroid dienone is 4. The lowest BCUT2D eigenvalue weighted by Crippen LogP contribution is -2.53. The van der Waals surface area contributed by atoms with Gasteiger partial charge in [-0.05, 0) is 91.7 Å². The molecule has 1 aromatic rings. The van der Waals surface area contributed by atoms with E-state index in [9.17, 15) is 9.90 Å². The minimum Gasteiger partial charge on any atom is -0.388 e. The largest absolute Gasteiger partial charge is 0.388 e. The second-order valence-electron chi connectivity index (χ2n) is 11.0. The van der Waals surface area contributed by atoms with Gasteiger partial charge in [0.05, 0.1) is 5.60 Å². The summed E-state index contributed by atoms with van der Waals surface area (Å²) in [4.78, 5) is 14.3. The second kappa shape index (κ2) is 8.17. The lowest BCUT2D eigenvalue weighted by atomic mass is 9.49. The standard InChI is InChI=1S/C30H37NO2/c1-5-16-30(33)17-15-27-25-13-9-21-18-23(32)12-14-24(21)28(25)26(19-29(27,30)6-2)20-7-10-22(11-8-20)31(3)4/h1,7-8,10-11,18,25-27,33H,6,9,12-17,19H2,2-4H3/t25?,26?,27?,29-,30-/m0/s1. The van der Waals surface area contributed by atoms with Crippen molar-refractivity contribution >= 4 is 11.5 Å². The Labute approximate surface area is 199 Å². The van der Waals surface area contributed by atoms with Gasteiger partial charge in [0, 0.05) is 44.0 Å². The molecule has 0 spiro atoms. The van der Waals surface area contributed by atoms with Crippen molar-refractivity contribution in [2.75, 3.05) is 19.0 Å². The Kier molecular flexibility index (Phi) is 5.57. The number of anilines is 1. The van der Waals surface area contributed by atoms with Crippen molar-refractivity contribution in [1.29, 1.82) is 0 Å². The van der Waals surface area contributed by atoms with Crippen LogP contribution in [0.4, 0.5) is 5.69 Å². The van der Waals surface area contributed by atoms with Crippen molar-refractivity contribution in [3.05, 3.63) is 52.6 Å². The Hall–Kier alpha value is -2.31. The van der Waals surface area contributed by atoms with E-state index in [1.807, 2.05) is 6.08 Å². The van der Waals surface area contributed by atoms with Crippen LogP contribution in [0.3, 0.4) is 0 Å². The van der Waals surface area contributed by atoms with Crippen LogP contribution in [0.5, 0.6) is 0 Å². The van der Waals surface area contributed by atoms with E-state index in [1.165, 1.54) is 22.4 Å². The molecule has 4 aliphatic carbocycles.